The molecule has 0 amide bonds. The van der Waals surface area contributed by atoms with Gasteiger partial charge in [0.1, 0.15) is 6.61 Å². The minimum atomic E-state index is -0.333. The van der Waals surface area contributed by atoms with Gasteiger partial charge in [0.25, 0.3) is 0 Å². The molecule has 0 unspecified atom stereocenters. The summed E-state index contributed by atoms with van der Waals surface area (Å²) in [6, 6.07) is 14.2. The van der Waals surface area contributed by atoms with Gasteiger partial charge in [0.05, 0.1) is 0 Å². The molecule has 0 heterocycles. The molecule has 0 saturated heterocycles. The van der Waals surface area contributed by atoms with Crippen LogP contribution in [0.2, 0.25) is 5.02 Å². The van der Waals surface area contributed by atoms with Crippen LogP contribution in [0.25, 0.3) is 0 Å². The van der Waals surface area contributed by atoms with Crippen LogP contribution in [0, 0.1) is 11.9 Å². The quantitative estimate of drug-likeness (QED) is 0.584. The first-order valence-corrected chi connectivity index (χ1v) is 5.16. The summed E-state index contributed by atoms with van der Waals surface area (Å²) in [4.78, 5) is 0. The molecular weight excluding hydrogens is 331 g/mol. The zero-order chi connectivity index (χ0) is 11.4. The fourth-order valence-corrected chi connectivity index (χ4v) is 1.50. The molecule has 0 saturated carbocycles. The van der Waals surface area contributed by atoms with Crippen LogP contribution in [0.4, 0.5) is 4.39 Å². The van der Waals surface area contributed by atoms with Crippen molar-refractivity contribution < 1.29 is 26.1 Å². The van der Waals surface area contributed by atoms with Crippen molar-refractivity contribution in [1.29, 1.82) is 0 Å². The molecule has 0 aliphatic heterocycles. The standard InChI is InChI=1S/C13H9ClFO.BrH.Mg/c14-11-4-1-3-10(7-11)9-16-13-6-2-5-12(15)8-13;;/h1-5,7-8H,9H2;1H;/q-1;;+2/p-1. The second-order valence-electron chi connectivity index (χ2n) is 3.29. The van der Waals surface area contributed by atoms with Gasteiger partial charge in [-0.15, -0.1) is 12.1 Å². The van der Waals surface area contributed by atoms with Gasteiger partial charge in [0.2, 0.25) is 0 Å². The molecule has 90 valence electrons. The van der Waals surface area contributed by atoms with Crippen LogP contribution in [0.1, 0.15) is 5.56 Å². The molecule has 5 heteroatoms. The Morgan fingerprint density at radius 1 is 1.22 bits per heavy atom. The number of rotatable bonds is 3. The maximum atomic E-state index is 12.8. The van der Waals surface area contributed by atoms with E-state index in [2.05, 4.69) is 6.07 Å². The molecule has 0 aliphatic carbocycles. The van der Waals surface area contributed by atoms with Crippen LogP contribution in [-0.4, -0.2) is 23.1 Å². The Hall–Kier alpha value is -0.294. The maximum absolute atomic E-state index is 12.8. The maximum Gasteiger partial charge on any atom is 2.00 e. The zero-order valence-electron chi connectivity index (χ0n) is 9.50. The molecule has 18 heavy (non-hydrogen) atoms. The number of benzene rings is 2. The summed E-state index contributed by atoms with van der Waals surface area (Å²) in [5, 5.41) is 0.657. The van der Waals surface area contributed by atoms with Crippen LogP contribution in [0.3, 0.4) is 0 Å². The predicted octanol–water partition coefficient (Wildman–Crippen LogP) is 0.481. The first-order chi connectivity index (χ1) is 7.74. The number of hydrogen-bond acceptors (Lipinski definition) is 1. The Morgan fingerprint density at radius 2 is 2.00 bits per heavy atom. The summed E-state index contributed by atoms with van der Waals surface area (Å²) in [5.74, 6) is 0.0554. The Kier molecular flexibility index (Phi) is 8.60. The van der Waals surface area contributed by atoms with Gasteiger partial charge >= 0.3 is 23.1 Å². The molecule has 0 aromatic heterocycles. The van der Waals surface area contributed by atoms with Gasteiger partial charge in [0.15, 0.2) is 0 Å². The molecule has 0 spiro atoms. The van der Waals surface area contributed by atoms with E-state index in [1.165, 1.54) is 18.2 Å². The summed E-state index contributed by atoms with van der Waals surface area (Å²) in [7, 11) is 0. The molecule has 0 aliphatic rings. The van der Waals surface area contributed by atoms with Crippen molar-refractivity contribution in [2.24, 2.45) is 0 Å². The van der Waals surface area contributed by atoms with Crippen molar-refractivity contribution in [3.8, 4) is 5.75 Å². The van der Waals surface area contributed by atoms with Crippen molar-refractivity contribution >= 4 is 34.7 Å². The van der Waals surface area contributed by atoms with Crippen molar-refractivity contribution in [3.05, 3.63) is 64.9 Å². The van der Waals surface area contributed by atoms with E-state index in [4.69, 9.17) is 16.3 Å². The van der Waals surface area contributed by atoms with Gasteiger partial charge < -0.3 is 21.7 Å². The molecule has 0 N–H and O–H groups in total. The van der Waals surface area contributed by atoms with Crippen LogP contribution < -0.4 is 21.7 Å². The van der Waals surface area contributed by atoms with Crippen molar-refractivity contribution in [3.63, 3.8) is 0 Å². The molecule has 0 bridgehead atoms. The first kappa shape index (κ1) is 17.7. The predicted molar refractivity (Wildman–Crippen MR) is 66.8 cm³/mol. The van der Waals surface area contributed by atoms with Gasteiger partial charge in [-0.1, -0.05) is 29.8 Å². The second kappa shape index (κ2) is 8.75. The monoisotopic (exact) mass is 338 g/mol. The van der Waals surface area contributed by atoms with Gasteiger partial charge in [0, 0.05) is 16.6 Å². The van der Waals surface area contributed by atoms with E-state index in [1.54, 1.807) is 12.1 Å². The number of ether oxygens (including phenoxy) is 1. The molecular formula is C13H9BrClFMgO. The fourth-order valence-electron chi connectivity index (χ4n) is 1.29. The minimum Gasteiger partial charge on any atom is -1.00 e. The molecule has 0 fully saturated rings. The van der Waals surface area contributed by atoms with Crippen LogP contribution >= 0.6 is 11.6 Å². The van der Waals surface area contributed by atoms with E-state index >= 15 is 0 Å². The average molecular weight is 340 g/mol. The summed E-state index contributed by atoms with van der Waals surface area (Å²) in [6.07, 6.45) is 0. The van der Waals surface area contributed by atoms with Gasteiger partial charge in [-0.3, -0.25) is 0 Å². The fraction of sp³-hybridized carbons (Fsp3) is 0.0769. The van der Waals surface area contributed by atoms with Crippen molar-refractivity contribution in [1.82, 2.24) is 0 Å². The molecule has 1 nitrogen and oxygen atoms in total. The van der Waals surface area contributed by atoms with Crippen LogP contribution in [-0.2, 0) is 6.61 Å². The third-order valence-electron chi connectivity index (χ3n) is 2.02. The molecule has 0 atom stereocenters. The number of halogens is 3. The molecule has 0 radical (unpaired) electrons. The van der Waals surface area contributed by atoms with E-state index < -0.39 is 0 Å². The second-order valence-corrected chi connectivity index (χ2v) is 3.73. The topological polar surface area (TPSA) is 9.23 Å². The van der Waals surface area contributed by atoms with Gasteiger partial charge in [-0.2, -0.15) is 6.07 Å². The molecule has 2 aromatic carbocycles. The summed E-state index contributed by atoms with van der Waals surface area (Å²) >= 11 is 5.83. The normalized spacial score (nSPS) is 9.00. The van der Waals surface area contributed by atoms with E-state index in [-0.39, 0.29) is 45.9 Å². The Labute approximate surface area is 137 Å². The Morgan fingerprint density at radius 3 is 2.67 bits per heavy atom. The zero-order valence-corrected chi connectivity index (χ0v) is 13.3. The van der Waals surface area contributed by atoms with E-state index in [1.807, 2.05) is 12.1 Å². The van der Waals surface area contributed by atoms with E-state index in [0.717, 1.165) is 5.56 Å². The minimum absolute atomic E-state index is 0. The van der Waals surface area contributed by atoms with Gasteiger partial charge in [-0.25, -0.2) is 4.39 Å². The number of hydrogen-bond donors (Lipinski definition) is 0. The SMILES string of the molecule is Fc1cc[c-]c(OCc2cccc(Cl)c2)c1.[Br-].[Mg+2]. The third kappa shape index (κ3) is 5.56. The van der Waals surface area contributed by atoms with Crippen LogP contribution in [0.15, 0.2) is 42.5 Å². The average Bonchev–Trinajstić information content (AvgIpc) is 2.27. The van der Waals surface area contributed by atoms with Crippen molar-refractivity contribution in [2.45, 2.75) is 6.61 Å². The largest absolute Gasteiger partial charge is 2.00 e. The van der Waals surface area contributed by atoms with Crippen LogP contribution in [0.5, 0.6) is 5.75 Å². The molecule has 2 aromatic rings. The van der Waals surface area contributed by atoms with Gasteiger partial charge in [-0.05, 0) is 17.7 Å². The smallest absolute Gasteiger partial charge is 1.00 e. The Bertz CT molecular complexity index is 450. The third-order valence-corrected chi connectivity index (χ3v) is 2.26. The summed E-state index contributed by atoms with van der Waals surface area (Å²) < 4.78 is 18.2. The van der Waals surface area contributed by atoms with E-state index in [9.17, 15) is 4.39 Å². The summed E-state index contributed by atoms with van der Waals surface area (Å²) in [6.45, 7) is 0.348. The molecule has 2 rings (SSSR count). The van der Waals surface area contributed by atoms with E-state index in [0.29, 0.717) is 17.4 Å². The van der Waals surface area contributed by atoms with Crippen molar-refractivity contribution in [2.75, 3.05) is 0 Å². The summed E-state index contributed by atoms with van der Waals surface area (Å²) in [5.41, 5.74) is 0.935. The Balaban J connectivity index is 0.00000144. The first-order valence-electron chi connectivity index (χ1n) is 4.78.